The van der Waals surface area contributed by atoms with E-state index in [1.807, 2.05) is 30.0 Å². The molecule has 2 fully saturated rings. The Bertz CT molecular complexity index is 899. The molecule has 1 amide bonds. The van der Waals surface area contributed by atoms with Crippen LogP contribution in [0.1, 0.15) is 24.1 Å². The van der Waals surface area contributed by atoms with Crippen LogP contribution in [0.4, 0.5) is 5.69 Å². The predicted molar refractivity (Wildman–Crippen MR) is 120 cm³/mol. The molecule has 2 aromatic carbocycles. The van der Waals surface area contributed by atoms with Gasteiger partial charge in [0.25, 0.3) is 0 Å². The minimum atomic E-state index is -0.163. The summed E-state index contributed by atoms with van der Waals surface area (Å²) in [6.07, 6.45) is 0. The van der Waals surface area contributed by atoms with Crippen molar-refractivity contribution in [1.82, 2.24) is 15.8 Å². The van der Waals surface area contributed by atoms with Gasteiger partial charge in [-0.1, -0.05) is 35.9 Å². The minimum Gasteiger partial charge on any atom is -0.492 e. The first-order chi connectivity index (χ1) is 14.6. The van der Waals surface area contributed by atoms with Crippen LogP contribution >= 0.6 is 11.6 Å². The van der Waals surface area contributed by atoms with Gasteiger partial charge in [0, 0.05) is 38.4 Å². The number of hydrogen-bond donors (Lipinski definition) is 2. The predicted octanol–water partition coefficient (Wildman–Crippen LogP) is 3.16. The highest BCUT2D eigenvalue weighted by atomic mass is 35.5. The highest BCUT2D eigenvalue weighted by Crippen LogP contribution is 2.33. The molecule has 2 atom stereocenters. The number of nitrogens with one attached hydrogen (secondary N) is 2. The van der Waals surface area contributed by atoms with Crippen LogP contribution in [0.2, 0.25) is 5.02 Å². The van der Waals surface area contributed by atoms with Gasteiger partial charge in [-0.2, -0.15) is 0 Å². The summed E-state index contributed by atoms with van der Waals surface area (Å²) in [5.41, 5.74) is 9.94. The number of nitrogens with zero attached hydrogens (tertiary/aromatic N) is 2. The molecule has 30 heavy (non-hydrogen) atoms. The summed E-state index contributed by atoms with van der Waals surface area (Å²) < 4.78 is 5.53. The molecular weight excluding hydrogens is 400 g/mol. The first kappa shape index (κ1) is 21.0. The molecule has 0 radical (unpaired) electrons. The number of piperazine rings is 1. The number of aryl methyl sites for hydroxylation is 1. The van der Waals surface area contributed by atoms with Crippen LogP contribution in [0.5, 0.6) is 5.75 Å². The lowest BCUT2D eigenvalue weighted by atomic mass is 9.93. The minimum absolute atomic E-state index is 0.111. The Balaban J connectivity index is 1.42. The van der Waals surface area contributed by atoms with E-state index in [2.05, 4.69) is 46.9 Å². The Kier molecular flexibility index (Phi) is 6.46. The second-order valence-corrected chi connectivity index (χ2v) is 8.24. The molecular formula is C23H29ClN4O2. The summed E-state index contributed by atoms with van der Waals surface area (Å²) >= 11 is 6.38. The third kappa shape index (κ3) is 4.26. The first-order valence-electron chi connectivity index (χ1n) is 10.6. The zero-order valence-corrected chi connectivity index (χ0v) is 18.3. The summed E-state index contributed by atoms with van der Waals surface area (Å²) in [4.78, 5) is 17.7. The molecule has 6 nitrogen and oxygen atoms in total. The lowest BCUT2D eigenvalue weighted by molar-refractivity contribution is -0.135. The van der Waals surface area contributed by atoms with E-state index in [-0.39, 0.29) is 17.9 Å². The molecule has 2 aliphatic heterocycles. The number of rotatable bonds is 5. The third-order valence-electron chi connectivity index (χ3n) is 5.96. The van der Waals surface area contributed by atoms with Gasteiger partial charge in [-0.15, -0.1) is 0 Å². The second-order valence-electron chi connectivity index (χ2n) is 7.83. The number of ether oxygens (including phenoxy) is 1. The smallest absolute Gasteiger partial charge is 0.229 e. The fourth-order valence-corrected chi connectivity index (χ4v) is 4.59. The van der Waals surface area contributed by atoms with E-state index in [1.54, 1.807) is 0 Å². The maximum absolute atomic E-state index is 13.3. The Morgan fingerprint density at radius 1 is 1.17 bits per heavy atom. The van der Waals surface area contributed by atoms with E-state index in [1.165, 1.54) is 11.3 Å². The fourth-order valence-electron chi connectivity index (χ4n) is 4.35. The molecule has 0 spiro atoms. The van der Waals surface area contributed by atoms with E-state index in [0.29, 0.717) is 23.9 Å². The van der Waals surface area contributed by atoms with Gasteiger partial charge in [0.15, 0.2) is 0 Å². The normalized spacial score (nSPS) is 21.7. The fraction of sp³-hybridized carbons (Fsp3) is 0.435. The molecule has 0 aromatic heterocycles. The standard InChI is InChI=1S/C23H29ClN4O2/c1-3-30-21-9-8-17(14-19(21)24)22-18(15-25-26-22)23(29)28-12-10-27(11-13-28)20-7-5-4-6-16(20)2/h4-9,14,18,22,25-26H,3,10-13,15H2,1-2H3. The maximum atomic E-state index is 13.3. The van der Waals surface area contributed by atoms with Gasteiger partial charge in [-0.05, 0) is 43.2 Å². The van der Waals surface area contributed by atoms with Crippen molar-refractivity contribution >= 4 is 23.2 Å². The molecule has 0 bridgehead atoms. The van der Waals surface area contributed by atoms with Crippen LogP contribution in [0.3, 0.4) is 0 Å². The summed E-state index contributed by atoms with van der Waals surface area (Å²) in [6.45, 7) is 8.41. The molecule has 0 saturated carbocycles. The monoisotopic (exact) mass is 428 g/mol. The Labute approximate surface area is 183 Å². The summed E-state index contributed by atoms with van der Waals surface area (Å²) in [6, 6.07) is 14.1. The van der Waals surface area contributed by atoms with Crippen LogP contribution in [0.15, 0.2) is 42.5 Å². The van der Waals surface area contributed by atoms with Gasteiger partial charge < -0.3 is 14.5 Å². The number of hydrazine groups is 1. The number of halogens is 1. The van der Waals surface area contributed by atoms with E-state index in [4.69, 9.17) is 16.3 Å². The lowest BCUT2D eigenvalue weighted by Crippen LogP contribution is -2.51. The average molecular weight is 429 g/mol. The first-order valence-corrected chi connectivity index (χ1v) is 11.0. The molecule has 0 aliphatic carbocycles. The number of carbonyl (C=O) groups excluding carboxylic acids is 1. The van der Waals surface area contributed by atoms with Crippen LogP contribution in [0.25, 0.3) is 0 Å². The van der Waals surface area contributed by atoms with Gasteiger partial charge in [0.2, 0.25) is 5.91 Å². The largest absolute Gasteiger partial charge is 0.492 e. The summed E-state index contributed by atoms with van der Waals surface area (Å²) in [7, 11) is 0. The van der Waals surface area contributed by atoms with Crippen LogP contribution < -0.4 is 20.5 Å². The van der Waals surface area contributed by atoms with Crippen LogP contribution in [-0.2, 0) is 4.79 Å². The van der Waals surface area contributed by atoms with Crippen molar-refractivity contribution in [3.63, 3.8) is 0 Å². The SMILES string of the molecule is CCOc1ccc(C2NNCC2C(=O)N2CCN(c3ccccc3C)CC2)cc1Cl. The van der Waals surface area contributed by atoms with Gasteiger partial charge >= 0.3 is 0 Å². The van der Waals surface area contributed by atoms with Crippen molar-refractivity contribution in [2.75, 3.05) is 44.2 Å². The highest BCUT2D eigenvalue weighted by molar-refractivity contribution is 6.32. The summed E-state index contributed by atoms with van der Waals surface area (Å²) in [5, 5.41) is 0.570. The Morgan fingerprint density at radius 3 is 2.63 bits per heavy atom. The van der Waals surface area contributed by atoms with Gasteiger partial charge in [-0.25, -0.2) is 5.43 Å². The van der Waals surface area contributed by atoms with Gasteiger partial charge in [-0.3, -0.25) is 10.2 Å². The molecule has 160 valence electrons. The van der Waals surface area contributed by atoms with E-state index in [0.717, 1.165) is 31.7 Å². The Hall–Kier alpha value is -2.28. The number of carbonyl (C=O) groups is 1. The van der Waals surface area contributed by atoms with Crippen molar-refractivity contribution < 1.29 is 9.53 Å². The highest BCUT2D eigenvalue weighted by Gasteiger charge is 2.37. The molecule has 2 unspecified atom stereocenters. The van der Waals surface area contributed by atoms with Crippen LogP contribution in [-0.4, -0.2) is 50.1 Å². The van der Waals surface area contributed by atoms with Crippen molar-refractivity contribution in [1.29, 1.82) is 0 Å². The van der Waals surface area contributed by atoms with Crippen molar-refractivity contribution in [3.8, 4) is 5.75 Å². The van der Waals surface area contributed by atoms with E-state index >= 15 is 0 Å². The molecule has 2 N–H and O–H groups in total. The number of amides is 1. The van der Waals surface area contributed by atoms with Gasteiger partial charge in [0.1, 0.15) is 5.75 Å². The second kappa shape index (κ2) is 9.25. The van der Waals surface area contributed by atoms with Gasteiger partial charge in [0.05, 0.1) is 23.6 Å². The van der Waals surface area contributed by atoms with Crippen molar-refractivity contribution in [2.45, 2.75) is 19.9 Å². The third-order valence-corrected chi connectivity index (χ3v) is 6.26. The van der Waals surface area contributed by atoms with E-state index in [9.17, 15) is 4.79 Å². The Morgan fingerprint density at radius 2 is 1.93 bits per heavy atom. The average Bonchev–Trinajstić information content (AvgIpc) is 3.25. The number of benzene rings is 2. The molecule has 2 aliphatic rings. The van der Waals surface area contributed by atoms with Crippen LogP contribution in [0, 0.1) is 12.8 Å². The molecule has 2 saturated heterocycles. The lowest BCUT2D eigenvalue weighted by Gasteiger charge is -2.38. The number of para-hydroxylation sites is 1. The zero-order valence-electron chi connectivity index (χ0n) is 17.5. The molecule has 2 heterocycles. The number of anilines is 1. The maximum Gasteiger partial charge on any atom is 0.229 e. The number of hydrogen-bond acceptors (Lipinski definition) is 5. The molecule has 7 heteroatoms. The zero-order chi connectivity index (χ0) is 21.1. The van der Waals surface area contributed by atoms with E-state index < -0.39 is 0 Å². The van der Waals surface area contributed by atoms with Crippen molar-refractivity contribution in [2.24, 2.45) is 5.92 Å². The molecule has 4 rings (SSSR count). The molecule has 2 aromatic rings. The quantitative estimate of drug-likeness (QED) is 0.766. The summed E-state index contributed by atoms with van der Waals surface area (Å²) in [5.74, 6) is 0.694. The topological polar surface area (TPSA) is 56.8 Å². The van der Waals surface area contributed by atoms with Crippen molar-refractivity contribution in [3.05, 3.63) is 58.6 Å².